The molecule has 0 unspecified atom stereocenters. The first-order chi connectivity index (χ1) is 20.7. The Morgan fingerprint density at radius 2 is 1.04 bits per heavy atom. The topological polar surface area (TPSA) is 114 Å². The summed E-state index contributed by atoms with van der Waals surface area (Å²) >= 11 is 3.20. The van der Waals surface area contributed by atoms with E-state index in [2.05, 4.69) is 47.9 Å². The fourth-order valence-electron chi connectivity index (χ4n) is 3.56. The first kappa shape index (κ1) is 46.2. The van der Waals surface area contributed by atoms with Crippen molar-refractivity contribution in [1.82, 2.24) is 4.90 Å². The molecule has 2 amide bonds. The third-order valence-corrected chi connectivity index (χ3v) is 6.52. The molecule has 256 valence electrons. The Bertz CT molecular complexity index is 1010. The fourth-order valence-corrected chi connectivity index (χ4v) is 3.84. The quantitative estimate of drug-likeness (QED) is 0.0976. The molecule has 45 heavy (non-hydrogen) atoms. The summed E-state index contributed by atoms with van der Waals surface area (Å²) in [5.74, 6) is -0.163. The van der Waals surface area contributed by atoms with Gasteiger partial charge in [0.25, 0.3) is 0 Å². The van der Waals surface area contributed by atoms with Crippen LogP contribution in [0, 0.1) is 0 Å². The van der Waals surface area contributed by atoms with E-state index in [0.29, 0.717) is 25.7 Å². The van der Waals surface area contributed by atoms with Crippen molar-refractivity contribution in [3.63, 3.8) is 0 Å². The molecule has 0 fully saturated rings. The van der Waals surface area contributed by atoms with Crippen molar-refractivity contribution < 1.29 is 28.7 Å². The van der Waals surface area contributed by atoms with Crippen molar-refractivity contribution in [2.45, 2.75) is 86.0 Å². The van der Waals surface area contributed by atoms with Crippen LogP contribution in [0.2, 0.25) is 0 Å². The smallest absolute Gasteiger partial charge is 0.305 e. The minimum absolute atomic E-state index is 0. The number of hydrogen-bond acceptors (Lipinski definition) is 7. The Kier molecular flexibility index (Phi) is 33.0. The Labute approximate surface area is 281 Å². The molecular formula is C35H58BrN3O6. The number of carbonyl (C=O) groups excluding carboxylic acids is 4. The van der Waals surface area contributed by atoms with Crippen molar-refractivity contribution in [3.8, 4) is 0 Å². The monoisotopic (exact) mass is 695 g/mol. The Morgan fingerprint density at radius 1 is 0.644 bits per heavy atom. The summed E-state index contributed by atoms with van der Waals surface area (Å²) < 4.78 is 8.98. The highest BCUT2D eigenvalue weighted by Crippen LogP contribution is 2.08. The van der Waals surface area contributed by atoms with Gasteiger partial charge in [0.2, 0.25) is 11.8 Å². The van der Waals surface area contributed by atoms with Gasteiger partial charge >= 0.3 is 11.9 Å². The van der Waals surface area contributed by atoms with Gasteiger partial charge in [0.15, 0.2) is 0 Å². The molecule has 0 atom stereocenters. The van der Waals surface area contributed by atoms with Crippen LogP contribution in [0.4, 0.5) is 11.4 Å². The zero-order valence-electron chi connectivity index (χ0n) is 26.2. The molecule has 0 radical (unpaired) electrons. The number of benzene rings is 2. The predicted molar refractivity (Wildman–Crippen MR) is 191 cm³/mol. The first-order valence-corrected chi connectivity index (χ1v) is 16.0. The van der Waals surface area contributed by atoms with Gasteiger partial charge in [0, 0.05) is 42.4 Å². The Hall–Kier alpha value is -3.24. The molecule has 9 nitrogen and oxygen atoms in total. The van der Waals surface area contributed by atoms with Crippen molar-refractivity contribution in [2.24, 2.45) is 0 Å². The minimum Gasteiger partial charge on any atom is -0.469 e. The van der Waals surface area contributed by atoms with Crippen LogP contribution in [0.15, 0.2) is 60.7 Å². The molecule has 2 aromatic rings. The van der Waals surface area contributed by atoms with Crippen LogP contribution in [-0.4, -0.2) is 68.3 Å². The standard InChI is InChI=1S/C16H24N2O3.C12H17NO.C5H9BrO2.2CH4/c1-18(13-7-11-16(20)21-2)12-6-10-15(19)17-14-8-4-3-5-9-14;1-2-3-5-10-12(14)13-11-8-6-4-7-9-11;1-8-5(7)3-2-4-6;;/h3-5,8-9H,6-7,10-13H2,1-2H3,(H,17,19);4,6-9H,2-3,5,10H2,1H3,(H,13,14);2-4H2,1H3;2*1H4. The van der Waals surface area contributed by atoms with E-state index < -0.39 is 0 Å². The van der Waals surface area contributed by atoms with Gasteiger partial charge in [-0.15, -0.1) is 0 Å². The summed E-state index contributed by atoms with van der Waals surface area (Å²) in [6, 6.07) is 19.0. The van der Waals surface area contributed by atoms with Crippen LogP contribution < -0.4 is 10.6 Å². The second-order valence-electron chi connectivity index (χ2n) is 9.74. The fraction of sp³-hybridized carbons (Fsp3) is 0.543. The lowest BCUT2D eigenvalue weighted by Gasteiger charge is -2.15. The average Bonchev–Trinajstić information content (AvgIpc) is 3.01. The molecule has 0 spiro atoms. The molecule has 0 aromatic heterocycles. The average molecular weight is 697 g/mol. The van der Waals surface area contributed by atoms with Gasteiger partial charge in [-0.3, -0.25) is 19.2 Å². The van der Waals surface area contributed by atoms with Gasteiger partial charge in [-0.25, -0.2) is 0 Å². The number of halogens is 1. The number of nitrogens with zero attached hydrogens (tertiary/aromatic N) is 1. The highest BCUT2D eigenvalue weighted by molar-refractivity contribution is 9.09. The van der Waals surface area contributed by atoms with Gasteiger partial charge in [-0.05, 0) is 70.1 Å². The molecule has 10 heteroatoms. The van der Waals surface area contributed by atoms with E-state index >= 15 is 0 Å². The normalized spacial score (nSPS) is 9.47. The first-order valence-electron chi connectivity index (χ1n) is 14.8. The number of methoxy groups -OCH3 is 2. The summed E-state index contributed by atoms with van der Waals surface area (Å²) in [4.78, 5) is 46.5. The summed E-state index contributed by atoms with van der Waals surface area (Å²) in [5, 5.41) is 6.59. The number of unbranched alkanes of at least 4 members (excludes halogenated alkanes) is 2. The number of hydrogen-bond donors (Lipinski definition) is 2. The van der Waals surface area contributed by atoms with Crippen LogP contribution >= 0.6 is 15.9 Å². The highest BCUT2D eigenvalue weighted by atomic mass is 79.9. The molecule has 0 bridgehead atoms. The van der Waals surface area contributed by atoms with E-state index in [1.165, 1.54) is 14.2 Å². The summed E-state index contributed by atoms with van der Waals surface area (Å²) in [5.41, 5.74) is 1.71. The molecule has 2 N–H and O–H groups in total. The number of nitrogens with one attached hydrogen (secondary N) is 2. The van der Waals surface area contributed by atoms with Crippen LogP contribution in [-0.2, 0) is 28.7 Å². The van der Waals surface area contributed by atoms with E-state index in [4.69, 9.17) is 0 Å². The van der Waals surface area contributed by atoms with Crippen LogP contribution in [0.25, 0.3) is 0 Å². The van der Waals surface area contributed by atoms with E-state index in [1.54, 1.807) is 0 Å². The number of ether oxygens (including phenoxy) is 2. The van der Waals surface area contributed by atoms with Gasteiger partial charge in [0.1, 0.15) is 0 Å². The maximum absolute atomic E-state index is 11.7. The molecule has 2 rings (SSSR count). The molecular weight excluding hydrogens is 638 g/mol. The predicted octanol–water partition coefficient (Wildman–Crippen LogP) is 8.10. The minimum atomic E-state index is -0.175. The lowest BCUT2D eigenvalue weighted by atomic mass is 10.2. The highest BCUT2D eigenvalue weighted by Gasteiger charge is 2.06. The summed E-state index contributed by atoms with van der Waals surface area (Å²) in [6.45, 7) is 3.80. The lowest BCUT2D eigenvalue weighted by Crippen LogP contribution is -2.23. The van der Waals surface area contributed by atoms with Gasteiger partial charge in [-0.1, -0.05) is 86.9 Å². The molecule has 0 aliphatic heterocycles. The van der Waals surface area contributed by atoms with Crippen molar-refractivity contribution in [3.05, 3.63) is 60.7 Å². The molecule has 0 heterocycles. The van der Waals surface area contributed by atoms with Gasteiger partial charge in [0.05, 0.1) is 14.2 Å². The molecule has 0 saturated heterocycles. The second-order valence-corrected chi connectivity index (χ2v) is 10.5. The zero-order chi connectivity index (χ0) is 32.1. The van der Waals surface area contributed by atoms with Crippen molar-refractivity contribution in [2.75, 3.05) is 50.3 Å². The Morgan fingerprint density at radius 3 is 1.44 bits per heavy atom. The lowest BCUT2D eigenvalue weighted by molar-refractivity contribution is -0.141. The number of anilines is 2. The van der Waals surface area contributed by atoms with Gasteiger partial charge in [-0.2, -0.15) is 0 Å². The maximum atomic E-state index is 11.7. The number of esters is 2. The maximum Gasteiger partial charge on any atom is 0.305 e. The summed E-state index contributed by atoms with van der Waals surface area (Å²) in [7, 11) is 4.79. The number of para-hydroxylation sites is 2. The van der Waals surface area contributed by atoms with E-state index in [1.807, 2.05) is 67.7 Å². The molecule has 0 saturated carbocycles. The molecule has 0 aliphatic rings. The summed E-state index contributed by atoms with van der Waals surface area (Å²) in [6.07, 6.45) is 7.77. The third kappa shape index (κ3) is 29.2. The van der Waals surface area contributed by atoms with Crippen LogP contribution in [0.5, 0.6) is 0 Å². The van der Waals surface area contributed by atoms with E-state index in [9.17, 15) is 19.2 Å². The third-order valence-electron chi connectivity index (χ3n) is 5.96. The van der Waals surface area contributed by atoms with E-state index in [-0.39, 0.29) is 38.6 Å². The van der Waals surface area contributed by atoms with E-state index in [0.717, 1.165) is 68.3 Å². The zero-order valence-corrected chi connectivity index (χ0v) is 27.8. The van der Waals surface area contributed by atoms with Crippen LogP contribution in [0.3, 0.4) is 0 Å². The van der Waals surface area contributed by atoms with Crippen LogP contribution in [0.1, 0.15) is 86.0 Å². The number of amides is 2. The number of rotatable bonds is 17. The largest absolute Gasteiger partial charge is 0.469 e. The second kappa shape index (κ2) is 32.2. The number of alkyl halides is 1. The molecule has 2 aromatic carbocycles. The Balaban J connectivity index is -0.000000637. The van der Waals surface area contributed by atoms with Gasteiger partial charge < -0.3 is 25.0 Å². The number of carbonyl (C=O) groups is 4. The van der Waals surface area contributed by atoms with Crippen molar-refractivity contribution in [1.29, 1.82) is 0 Å². The molecule has 0 aliphatic carbocycles. The van der Waals surface area contributed by atoms with Crippen molar-refractivity contribution >= 4 is 51.1 Å². The SMILES string of the molecule is C.C.CCCCCC(=O)Nc1ccccc1.COC(=O)CCCBr.COC(=O)CCCN(C)CCCC(=O)Nc1ccccc1.